The molecule has 0 bridgehead atoms. The summed E-state index contributed by atoms with van der Waals surface area (Å²) in [5, 5.41) is -1.28. The Kier molecular flexibility index (Phi) is 16.5. The van der Waals surface area contributed by atoms with E-state index in [9.17, 15) is 22.6 Å². The van der Waals surface area contributed by atoms with Crippen LogP contribution in [0.4, 0.5) is 0 Å². The molecule has 0 amide bonds. The molecule has 0 aliphatic heterocycles. The SMILES string of the molecule is CCCCC(CC)CC(CC=O)(CC(CC)CCCC)C(=O)S(=O)(=O)[O-].[Na+]. The largest absolute Gasteiger partial charge is 1.00 e. The molecular weight excluding hydrogens is 375 g/mol. The number of aldehydes is 1. The second-order valence-corrected chi connectivity index (χ2v) is 8.91. The van der Waals surface area contributed by atoms with Gasteiger partial charge in [0.15, 0.2) is 10.1 Å². The van der Waals surface area contributed by atoms with Crippen LogP contribution >= 0.6 is 0 Å². The van der Waals surface area contributed by atoms with E-state index in [2.05, 4.69) is 13.8 Å². The zero-order valence-corrected chi connectivity index (χ0v) is 20.8. The molecule has 27 heavy (non-hydrogen) atoms. The van der Waals surface area contributed by atoms with E-state index >= 15 is 0 Å². The predicted octanol–water partition coefficient (Wildman–Crippen LogP) is 1.85. The molecule has 154 valence electrons. The van der Waals surface area contributed by atoms with Crippen molar-refractivity contribution in [2.24, 2.45) is 17.3 Å². The summed E-state index contributed by atoms with van der Waals surface area (Å²) in [6, 6.07) is 0. The molecule has 2 unspecified atom stereocenters. The van der Waals surface area contributed by atoms with Crippen LogP contribution in [0.3, 0.4) is 0 Å². The van der Waals surface area contributed by atoms with Gasteiger partial charge in [-0.3, -0.25) is 4.79 Å². The second kappa shape index (κ2) is 15.1. The third-order valence-electron chi connectivity index (χ3n) is 5.58. The quantitative estimate of drug-likeness (QED) is 0.233. The minimum Gasteiger partial charge on any atom is -0.742 e. The molecular formula is C20H37NaO5S. The zero-order chi connectivity index (χ0) is 20.2. The van der Waals surface area contributed by atoms with Gasteiger partial charge in [-0.05, 0) is 24.7 Å². The standard InChI is InChI=1S/C20H38O5S.Na/c1-5-9-11-17(7-3)15-20(13-14-21,19(22)26(23,24)25)16-18(8-4)12-10-6-2;/h14,17-18H,5-13,15-16H2,1-4H3,(H,23,24,25);/q;+1/p-1. The summed E-state index contributed by atoms with van der Waals surface area (Å²) in [5.41, 5.74) is -1.37. The van der Waals surface area contributed by atoms with Crippen LogP contribution in [-0.2, 0) is 19.7 Å². The number of carbonyl (C=O) groups excluding carboxylic acids is 2. The van der Waals surface area contributed by atoms with Gasteiger partial charge in [0.05, 0.1) is 5.41 Å². The maximum atomic E-state index is 12.7. The normalized spacial score (nSPS) is 16.0. The minimum atomic E-state index is -5.08. The summed E-state index contributed by atoms with van der Waals surface area (Å²) in [4.78, 5) is 24.0. The summed E-state index contributed by atoms with van der Waals surface area (Å²) >= 11 is 0. The van der Waals surface area contributed by atoms with Crippen LogP contribution in [0.2, 0.25) is 0 Å². The molecule has 0 aliphatic carbocycles. The predicted molar refractivity (Wildman–Crippen MR) is 104 cm³/mol. The van der Waals surface area contributed by atoms with Gasteiger partial charge in [0, 0.05) is 6.42 Å². The molecule has 0 aliphatic rings. The molecule has 5 nitrogen and oxygen atoms in total. The third-order valence-corrected chi connectivity index (χ3v) is 6.47. The molecule has 0 rings (SSSR count). The molecule has 0 heterocycles. The van der Waals surface area contributed by atoms with Crippen molar-refractivity contribution in [3.63, 3.8) is 0 Å². The van der Waals surface area contributed by atoms with Crippen molar-refractivity contribution in [3.05, 3.63) is 0 Å². The van der Waals surface area contributed by atoms with E-state index in [0.29, 0.717) is 19.1 Å². The fraction of sp³-hybridized carbons (Fsp3) is 0.900. The maximum absolute atomic E-state index is 12.7. The molecule has 7 heteroatoms. The summed E-state index contributed by atoms with van der Waals surface area (Å²) in [5.74, 6) is 0.286. The van der Waals surface area contributed by atoms with Crippen LogP contribution in [0.5, 0.6) is 0 Å². The Bertz CT molecular complexity index is 500. The Labute approximate surface area is 188 Å². The first kappa shape index (κ1) is 29.5. The Hall–Kier alpha value is 0.250. The van der Waals surface area contributed by atoms with E-state index in [1.807, 2.05) is 13.8 Å². The average Bonchev–Trinajstić information content (AvgIpc) is 2.60. The number of unbranched alkanes of at least 4 members (excludes halogenated alkanes) is 2. The van der Waals surface area contributed by atoms with Gasteiger partial charge < -0.3 is 9.35 Å². The van der Waals surface area contributed by atoms with Crippen LogP contribution in [0.25, 0.3) is 0 Å². The van der Waals surface area contributed by atoms with Crippen LogP contribution in [-0.4, -0.2) is 24.4 Å². The first-order chi connectivity index (χ1) is 12.2. The van der Waals surface area contributed by atoms with Crippen LogP contribution in [0.1, 0.15) is 98.3 Å². The van der Waals surface area contributed by atoms with Crippen molar-refractivity contribution in [3.8, 4) is 0 Å². The average molecular weight is 413 g/mol. The van der Waals surface area contributed by atoms with Gasteiger partial charge in [0.25, 0.3) is 0 Å². The van der Waals surface area contributed by atoms with E-state index in [0.717, 1.165) is 51.4 Å². The van der Waals surface area contributed by atoms with E-state index in [4.69, 9.17) is 0 Å². The molecule has 0 aromatic heterocycles. The Morgan fingerprint density at radius 2 is 1.37 bits per heavy atom. The molecule has 0 spiro atoms. The first-order valence-corrected chi connectivity index (χ1v) is 11.5. The van der Waals surface area contributed by atoms with E-state index in [1.54, 1.807) is 0 Å². The van der Waals surface area contributed by atoms with Gasteiger partial charge in [-0.2, -0.15) is 0 Å². The van der Waals surface area contributed by atoms with Gasteiger partial charge in [-0.1, -0.05) is 79.1 Å². The molecule has 0 aromatic rings. The third kappa shape index (κ3) is 10.6. The van der Waals surface area contributed by atoms with Crippen molar-refractivity contribution in [2.45, 2.75) is 98.3 Å². The minimum absolute atomic E-state index is 0. The van der Waals surface area contributed by atoms with Crippen molar-refractivity contribution in [1.82, 2.24) is 0 Å². The Balaban J connectivity index is 0. The van der Waals surface area contributed by atoms with Crippen LogP contribution in [0, 0.1) is 17.3 Å². The molecule has 0 saturated heterocycles. The Morgan fingerprint density at radius 1 is 0.963 bits per heavy atom. The van der Waals surface area contributed by atoms with Crippen molar-refractivity contribution >= 4 is 21.5 Å². The molecule has 0 aromatic carbocycles. The number of hydrogen-bond donors (Lipinski definition) is 0. The molecule has 0 fully saturated rings. The van der Waals surface area contributed by atoms with Gasteiger partial charge in [0.1, 0.15) is 6.29 Å². The number of carbonyl (C=O) groups is 2. The maximum Gasteiger partial charge on any atom is 1.00 e. The molecule has 0 N–H and O–H groups in total. The van der Waals surface area contributed by atoms with Crippen LogP contribution in [0.15, 0.2) is 0 Å². The summed E-state index contributed by atoms with van der Waals surface area (Å²) in [7, 11) is -5.08. The van der Waals surface area contributed by atoms with E-state index in [-0.39, 0.29) is 47.8 Å². The fourth-order valence-electron chi connectivity index (χ4n) is 3.92. The van der Waals surface area contributed by atoms with Crippen molar-refractivity contribution in [1.29, 1.82) is 0 Å². The molecule has 0 saturated carbocycles. The van der Waals surface area contributed by atoms with Gasteiger partial charge in [-0.15, -0.1) is 0 Å². The second-order valence-electron chi connectivity index (χ2n) is 7.63. The van der Waals surface area contributed by atoms with Gasteiger partial charge >= 0.3 is 29.6 Å². The fourth-order valence-corrected chi connectivity index (χ4v) is 4.70. The summed E-state index contributed by atoms with van der Waals surface area (Å²) in [6.07, 6.45) is 8.42. The van der Waals surface area contributed by atoms with E-state index < -0.39 is 20.6 Å². The van der Waals surface area contributed by atoms with E-state index in [1.165, 1.54) is 0 Å². The van der Waals surface area contributed by atoms with Gasteiger partial charge in [0.2, 0.25) is 5.12 Å². The topological polar surface area (TPSA) is 91.3 Å². The van der Waals surface area contributed by atoms with Crippen LogP contribution < -0.4 is 29.6 Å². The summed E-state index contributed by atoms with van der Waals surface area (Å²) in [6.45, 7) is 8.18. The van der Waals surface area contributed by atoms with Gasteiger partial charge in [-0.25, -0.2) is 8.42 Å². The Morgan fingerprint density at radius 3 is 1.63 bits per heavy atom. The first-order valence-electron chi connectivity index (χ1n) is 10.1. The number of rotatable bonds is 15. The van der Waals surface area contributed by atoms with Crippen molar-refractivity contribution < 1.29 is 52.1 Å². The molecule has 2 atom stereocenters. The molecule has 0 radical (unpaired) electrons. The zero-order valence-electron chi connectivity index (χ0n) is 18.0. The van der Waals surface area contributed by atoms with Crippen molar-refractivity contribution in [2.75, 3.05) is 0 Å². The summed E-state index contributed by atoms with van der Waals surface area (Å²) < 4.78 is 34.8. The monoisotopic (exact) mass is 412 g/mol. The smallest absolute Gasteiger partial charge is 0.742 e. The number of hydrogen-bond acceptors (Lipinski definition) is 5.